The van der Waals surface area contributed by atoms with Crippen molar-refractivity contribution in [3.05, 3.63) is 53.7 Å². The smallest absolute Gasteiger partial charge is 0.188 e. The zero-order chi connectivity index (χ0) is 12.4. The third-order valence-electron chi connectivity index (χ3n) is 2.55. The molecule has 2 aromatic heterocycles. The van der Waals surface area contributed by atoms with E-state index >= 15 is 0 Å². The van der Waals surface area contributed by atoms with Gasteiger partial charge in [0.1, 0.15) is 0 Å². The van der Waals surface area contributed by atoms with Gasteiger partial charge in [0.2, 0.25) is 0 Å². The highest BCUT2D eigenvalue weighted by molar-refractivity contribution is 7.13. The van der Waals surface area contributed by atoms with Crippen LogP contribution in [0.3, 0.4) is 0 Å². The van der Waals surface area contributed by atoms with Gasteiger partial charge in [-0.05, 0) is 12.5 Å². The molecule has 3 nitrogen and oxygen atoms in total. The van der Waals surface area contributed by atoms with E-state index in [1.807, 2.05) is 42.9 Å². The minimum absolute atomic E-state index is 0.688. The third kappa shape index (κ3) is 2.15. The van der Waals surface area contributed by atoms with Gasteiger partial charge in [-0.15, -0.1) is 11.3 Å². The van der Waals surface area contributed by atoms with E-state index in [0.717, 1.165) is 21.8 Å². The van der Waals surface area contributed by atoms with Crippen LogP contribution in [0.25, 0.3) is 22.1 Å². The van der Waals surface area contributed by atoms with Crippen LogP contribution < -0.4 is 0 Å². The number of hydrogen-bond donors (Lipinski definition) is 0. The van der Waals surface area contributed by atoms with Crippen LogP contribution in [0.4, 0.5) is 0 Å². The maximum Gasteiger partial charge on any atom is 0.188 e. The maximum atomic E-state index is 4.57. The molecule has 0 atom stereocenters. The zero-order valence-electron chi connectivity index (χ0n) is 9.87. The van der Waals surface area contributed by atoms with Gasteiger partial charge in [0.25, 0.3) is 0 Å². The molecule has 2 heterocycles. The van der Waals surface area contributed by atoms with Crippen molar-refractivity contribution >= 4 is 11.3 Å². The van der Waals surface area contributed by atoms with Crippen LogP contribution in [0.2, 0.25) is 0 Å². The molecular formula is C14H11N3S. The second-order valence-electron chi connectivity index (χ2n) is 3.99. The number of aryl methyl sites for hydroxylation is 1. The van der Waals surface area contributed by atoms with Gasteiger partial charge >= 0.3 is 0 Å². The van der Waals surface area contributed by atoms with E-state index in [9.17, 15) is 0 Å². The Morgan fingerprint density at radius 1 is 1.00 bits per heavy atom. The van der Waals surface area contributed by atoms with Crippen LogP contribution in [0, 0.1) is 6.92 Å². The zero-order valence-corrected chi connectivity index (χ0v) is 10.7. The summed E-state index contributed by atoms with van der Waals surface area (Å²) in [5.74, 6) is 0.688. The highest BCUT2D eigenvalue weighted by Gasteiger charge is 2.08. The molecule has 0 aliphatic carbocycles. The fourth-order valence-electron chi connectivity index (χ4n) is 1.62. The lowest BCUT2D eigenvalue weighted by Crippen LogP contribution is -1.88. The fourth-order valence-corrected chi connectivity index (χ4v) is 2.39. The molecule has 0 radical (unpaired) electrons. The quantitative estimate of drug-likeness (QED) is 0.700. The monoisotopic (exact) mass is 253 g/mol. The molecule has 3 aromatic rings. The van der Waals surface area contributed by atoms with Crippen molar-refractivity contribution in [2.75, 3.05) is 0 Å². The van der Waals surface area contributed by atoms with Crippen LogP contribution in [0.1, 0.15) is 5.56 Å². The summed E-state index contributed by atoms with van der Waals surface area (Å²) in [6.07, 6.45) is 3.62. The van der Waals surface area contributed by atoms with E-state index < -0.39 is 0 Å². The number of benzene rings is 1. The van der Waals surface area contributed by atoms with Crippen molar-refractivity contribution in [3.8, 4) is 22.1 Å². The average molecular weight is 253 g/mol. The highest BCUT2D eigenvalue weighted by Crippen LogP contribution is 2.26. The second kappa shape index (κ2) is 4.66. The molecule has 18 heavy (non-hydrogen) atoms. The number of hydrogen-bond acceptors (Lipinski definition) is 4. The summed E-state index contributed by atoms with van der Waals surface area (Å²) in [7, 11) is 0. The predicted octanol–water partition coefficient (Wildman–Crippen LogP) is 3.58. The Morgan fingerprint density at radius 2 is 1.72 bits per heavy atom. The van der Waals surface area contributed by atoms with Gasteiger partial charge in [-0.25, -0.2) is 15.0 Å². The molecule has 0 N–H and O–H groups in total. The normalized spacial score (nSPS) is 10.5. The number of rotatable bonds is 2. The van der Waals surface area contributed by atoms with Gasteiger partial charge in [-0.1, -0.05) is 30.3 Å². The third-order valence-corrected chi connectivity index (χ3v) is 3.38. The van der Waals surface area contributed by atoms with E-state index in [1.54, 1.807) is 11.3 Å². The van der Waals surface area contributed by atoms with E-state index in [0.29, 0.717) is 5.82 Å². The SMILES string of the molecule is Cc1cnc(-c2nc(-c3ccccc3)cs2)nc1. The van der Waals surface area contributed by atoms with Crippen molar-refractivity contribution in [2.45, 2.75) is 6.92 Å². The average Bonchev–Trinajstić information content (AvgIpc) is 2.90. The number of nitrogens with zero attached hydrogens (tertiary/aromatic N) is 3. The largest absolute Gasteiger partial charge is 0.234 e. The van der Waals surface area contributed by atoms with Crippen molar-refractivity contribution < 1.29 is 0 Å². The van der Waals surface area contributed by atoms with Crippen molar-refractivity contribution in [2.24, 2.45) is 0 Å². The molecule has 0 unspecified atom stereocenters. The molecule has 88 valence electrons. The molecule has 0 bridgehead atoms. The lowest BCUT2D eigenvalue weighted by atomic mass is 10.2. The summed E-state index contributed by atoms with van der Waals surface area (Å²) >= 11 is 1.57. The molecule has 0 spiro atoms. The lowest BCUT2D eigenvalue weighted by molar-refractivity contribution is 1.13. The van der Waals surface area contributed by atoms with Crippen molar-refractivity contribution in [1.29, 1.82) is 0 Å². The minimum Gasteiger partial charge on any atom is -0.234 e. The van der Waals surface area contributed by atoms with E-state index in [4.69, 9.17) is 0 Å². The Kier molecular flexibility index (Phi) is 2.86. The molecule has 0 amide bonds. The molecule has 4 heteroatoms. The van der Waals surface area contributed by atoms with Gasteiger partial charge in [-0.3, -0.25) is 0 Å². The molecule has 1 aromatic carbocycles. The Labute approximate surface area is 109 Å². The Balaban J connectivity index is 1.97. The van der Waals surface area contributed by atoms with Gasteiger partial charge < -0.3 is 0 Å². The molecule has 0 aliphatic heterocycles. The van der Waals surface area contributed by atoms with Crippen molar-refractivity contribution in [1.82, 2.24) is 15.0 Å². The first-order valence-electron chi connectivity index (χ1n) is 5.63. The molecule has 0 saturated heterocycles. The van der Waals surface area contributed by atoms with E-state index in [1.165, 1.54) is 0 Å². The van der Waals surface area contributed by atoms with Crippen LogP contribution in [-0.2, 0) is 0 Å². The summed E-state index contributed by atoms with van der Waals surface area (Å²) < 4.78 is 0. The minimum atomic E-state index is 0.688. The van der Waals surface area contributed by atoms with Crippen LogP contribution in [0.15, 0.2) is 48.1 Å². The number of aromatic nitrogens is 3. The topological polar surface area (TPSA) is 38.7 Å². The molecule has 0 saturated carbocycles. The van der Waals surface area contributed by atoms with Gasteiger partial charge in [0, 0.05) is 23.3 Å². The lowest BCUT2D eigenvalue weighted by Gasteiger charge is -1.96. The summed E-state index contributed by atoms with van der Waals surface area (Å²) in [5, 5.41) is 2.89. The Hall–Kier alpha value is -2.07. The van der Waals surface area contributed by atoms with Crippen molar-refractivity contribution in [3.63, 3.8) is 0 Å². The molecular weight excluding hydrogens is 242 g/mol. The summed E-state index contributed by atoms with van der Waals surface area (Å²) in [6.45, 7) is 1.97. The Morgan fingerprint density at radius 3 is 2.44 bits per heavy atom. The molecule has 0 aliphatic rings. The van der Waals surface area contributed by atoms with E-state index in [-0.39, 0.29) is 0 Å². The molecule has 3 rings (SSSR count). The first-order valence-corrected chi connectivity index (χ1v) is 6.51. The Bertz CT molecular complexity index is 644. The maximum absolute atomic E-state index is 4.57. The standard InChI is InChI=1S/C14H11N3S/c1-10-7-15-13(16-8-10)14-17-12(9-18-14)11-5-3-2-4-6-11/h2-9H,1H3. The fraction of sp³-hybridized carbons (Fsp3) is 0.0714. The summed E-state index contributed by atoms with van der Waals surface area (Å²) in [6, 6.07) is 10.1. The molecule has 0 fully saturated rings. The van der Waals surface area contributed by atoms with Gasteiger partial charge in [0.15, 0.2) is 10.8 Å². The highest BCUT2D eigenvalue weighted by atomic mass is 32.1. The van der Waals surface area contributed by atoms with Gasteiger partial charge in [-0.2, -0.15) is 0 Å². The van der Waals surface area contributed by atoms with Crippen LogP contribution >= 0.6 is 11.3 Å². The van der Waals surface area contributed by atoms with E-state index in [2.05, 4.69) is 27.1 Å². The predicted molar refractivity (Wildman–Crippen MR) is 73.3 cm³/mol. The van der Waals surface area contributed by atoms with Crippen LogP contribution in [-0.4, -0.2) is 15.0 Å². The second-order valence-corrected chi connectivity index (χ2v) is 4.85. The van der Waals surface area contributed by atoms with Gasteiger partial charge in [0.05, 0.1) is 5.69 Å². The number of thiazole rings is 1. The van der Waals surface area contributed by atoms with Crippen LogP contribution in [0.5, 0.6) is 0 Å². The first-order chi connectivity index (χ1) is 8.83. The first kappa shape index (κ1) is 11.0. The summed E-state index contributed by atoms with van der Waals surface area (Å²) in [4.78, 5) is 13.2. The summed E-state index contributed by atoms with van der Waals surface area (Å²) in [5.41, 5.74) is 3.14.